The van der Waals surface area contributed by atoms with Gasteiger partial charge in [0.25, 0.3) is 0 Å². The van der Waals surface area contributed by atoms with Gasteiger partial charge in [-0.2, -0.15) is 0 Å². The summed E-state index contributed by atoms with van der Waals surface area (Å²) in [5.74, 6) is -0.438. The minimum Gasteiger partial charge on any atom is -0.573 e. The van der Waals surface area contributed by atoms with E-state index in [-0.39, 0.29) is 0 Å². The second kappa shape index (κ2) is 6.62. The Morgan fingerprint density at radius 1 is 1.50 bits per heavy atom. The van der Waals surface area contributed by atoms with Crippen molar-refractivity contribution in [2.45, 2.75) is 45.3 Å². The van der Waals surface area contributed by atoms with Crippen LogP contribution < -0.4 is 9.44 Å². The van der Waals surface area contributed by atoms with Crippen LogP contribution in [0.1, 0.15) is 44.4 Å². The average molecular weight is 349 g/mol. The summed E-state index contributed by atoms with van der Waals surface area (Å²) in [5.41, 5.74) is 0.553. The van der Waals surface area contributed by atoms with Gasteiger partial charge in [0.05, 0.1) is 6.04 Å². The van der Waals surface area contributed by atoms with Gasteiger partial charge >= 0.3 is 6.09 Å². The number of carbonyl (C=O) groups is 1. The van der Waals surface area contributed by atoms with Gasteiger partial charge in [0.15, 0.2) is 11.5 Å². The summed E-state index contributed by atoms with van der Waals surface area (Å²) in [5, 5.41) is 0.338. The third kappa shape index (κ3) is 4.49. The zero-order chi connectivity index (χ0) is 16.5. The molecule has 1 aromatic carbocycles. The molecular formula is C14H18ClFN2O3S. The molecule has 2 unspecified atom stereocenters. The number of halogens is 2. The molecule has 1 aliphatic rings. The molecule has 0 heterocycles. The number of hydrogen-bond acceptors (Lipinski definition) is 4. The molecule has 1 aromatic rings. The van der Waals surface area contributed by atoms with Crippen LogP contribution in [0.5, 0.6) is 0 Å². The summed E-state index contributed by atoms with van der Waals surface area (Å²) in [7, 11) is 0. The number of nitrogens with one attached hydrogen (secondary N) is 2. The van der Waals surface area contributed by atoms with Gasteiger partial charge in [0, 0.05) is 10.6 Å². The fourth-order valence-corrected chi connectivity index (χ4v) is 3.30. The number of amides is 1. The fourth-order valence-electron chi connectivity index (χ4n) is 2.33. The Hall–Kier alpha value is -1.02. The lowest BCUT2D eigenvalue weighted by molar-refractivity contribution is 0.0569. The Labute approximate surface area is 137 Å². The minimum atomic E-state index is -1.87. The van der Waals surface area contributed by atoms with Crippen LogP contribution in [-0.4, -0.2) is 16.2 Å². The van der Waals surface area contributed by atoms with Crippen LogP contribution in [-0.2, 0) is 22.7 Å². The molecule has 8 heteroatoms. The Bertz CT molecular complexity index is 580. The van der Waals surface area contributed by atoms with E-state index < -0.39 is 35.1 Å². The van der Waals surface area contributed by atoms with Crippen LogP contribution in [0.25, 0.3) is 0 Å². The summed E-state index contributed by atoms with van der Waals surface area (Å²) in [6, 6.07) is 2.49. The normalized spacial score (nSPS) is 18.7. The number of fused-ring (bicyclic) bond motifs is 1. The van der Waals surface area contributed by atoms with Crippen LogP contribution in [0.3, 0.4) is 0 Å². The molecule has 0 aromatic heterocycles. The Morgan fingerprint density at radius 3 is 2.82 bits per heavy atom. The van der Waals surface area contributed by atoms with Gasteiger partial charge < -0.3 is 9.29 Å². The van der Waals surface area contributed by atoms with E-state index in [1.54, 1.807) is 26.8 Å². The van der Waals surface area contributed by atoms with Crippen molar-refractivity contribution in [3.05, 3.63) is 34.1 Å². The maximum absolute atomic E-state index is 14.0. The van der Waals surface area contributed by atoms with Gasteiger partial charge in [-0.05, 0) is 51.3 Å². The second-order valence-electron chi connectivity index (χ2n) is 6.04. The molecule has 0 bridgehead atoms. The first-order valence-electron chi connectivity index (χ1n) is 6.81. The van der Waals surface area contributed by atoms with E-state index >= 15 is 0 Å². The first kappa shape index (κ1) is 17.3. The second-order valence-corrected chi connectivity index (χ2v) is 7.46. The zero-order valence-electron chi connectivity index (χ0n) is 12.5. The average Bonchev–Trinajstić information content (AvgIpc) is 2.68. The molecular weight excluding hydrogens is 331 g/mol. The lowest BCUT2D eigenvalue weighted by Crippen LogP contribution is -2.43. The molecule has 2 rings (SSSR count). The molecule has 0 aliphatic heterocycles. The van der Waals surface area contributed by atoms with Gasteiger partial charge in [-0.25, -0.2) is 9.18 Å². The largest absolute Gasteiger partial charge is 0.573 e. The topological polar surface area (TPSA) is 73.4 Å². The van der Waals surface area contributed by atoms with Crippen LogP contribution in [0, 0.1) is 5.82 Å². The van der Waals surface area contributed by atoms with Crippen LogP contribution in [0.15, 0.2) is 12.1 Å². The molecule has 0 spiro atoms. The van der Waals surface area contributed by atoms with Crippen molar-refractivity contribution in [1.29, 1.82) is 0 Å². The summed E-state index contributed by atoms with van der Waals surface area (Å²) >= 11 is 3.95. The number of aryl methyl sites for hydroxylation is 1. The van der Waals surface area contributed by atoms with Gasteiger partial charge in [-0.3, -0.25) is 0 Å². The summed E-state index contributed by atoms with van der Waals surface area (Å²) in [6.45, 7) is 5.11. The molecule has 1 amide bonds. The third-order valence-electron chi connectivity index (χ3n) is 3.06. The first-order valence-corrected chi connectivity index (χ1v) is 8.34. The number of carbonyl (C=O) groups excluding carboxylic acids is 1. The van der Waals surface area contributed by atoms with Gasteiger partial charge in [0.2, 0.25) is 0 Å². The molecule has 0 saturated heterocycles. The molecule has 5 nitrogen and oxygen atoms in total. The van der Waals surface area contributed by atoms with E-state index in [4.69, 9.17) is 16.3 Å². The molecule has 0 fully saturated rings. The van der Waals surface area contributed by atoms with Gasteiger partial charge in [-0.15, -0.1) is 9.44 Å². The zero-order valence-corrected chi connectivity index (χ0v) is 14.1. The fraction of sp³-hybridized carbons (Fsp3) is 0.500. The van der Waals surface area contributed by atoms with E-state index in [1.165, 1.54) is 6.07 Å². The Balaban J connectivity index is 1.98. The van der Waals surface area contributed by atoms with Crippen LogP contribution in [0.4, 0.5) is 9.18 Å². The number of ether oxygens (including phenoxy) is 1. The standard InChI is InChI=1S/C14H18ClFN2O3S/c1-14(2,3)21-13(19)18-22(20)17-11-5-4-8-6-9(15)7-10(16)12(8)11/h6-7,11,17H,4-5H2,1-3H3,(H,18,19). The molecule has 0 radical (unpaired) electrons. The summed E-state index contributed by atoms with van der Waals surface area (Å²) in [6.07, 6.45) is 0.413. The highest BCUT2D eigenvalue weighted by atomic mass is 35.5. The molecule has 2 atom stereocenters. The maximum Gasteiger partial charge on any atom is 0.451 e. The smallest absolute Gasteiger partial charge is 0.451 e. The predicted octanol–water partition coefficient (Wildman–Crippen LogP) is 3.16. The van der Waals surface area contributed by atoms with Gasteiger partial charge in [-0.1, -0.05) is 11.6 Å². The number of rotatable bonds is 3. The summed E-state index contributed by atoms with van der Waals surface area (Å²) < 4.78 is 35.8. The first-order chi connectivity index (χ1) is 10.2. The monoisotopic (exact) mass is 348 g/mol. The lowest BCUT2D eigenvalue weighted by atomic mass is 10.1. The third-order valence-corrected chi connectivity index (χ3v) is 4.12. The van der Waals surface area contributed by atoms with E-state index in [2.05, 4.69) is 9.44 Å². The van der Waals surface area contributed by atoms with E-state index in [9.17, 15) is 13.7 Å². The highest BCUT2D eigenvalue weighted by Crippen LogP contribution is 2.35. The van der Waals surface area contributed by atoms with Crippen molar-refractivity contribution in [2.24, 2.45) is 0 Å². The minimum absolute atomic E-state index is 0.338. The molecule has 0 saturated carbocycles. The number of hydrogen-bond donors (Lipinski definition) is 2. The SMILES string of the molecule is CC(C)(C)OC(=O)N[S+]([O-])NC1CCc2cc(Cl)cc(F)c21. The van der Waals surface area contributed by atoms with Gasteiger partial charge in [0.1, 0.15) is 11.4 Å². The van der Waals surface area contributed by atoms with Crippen LogP contribution in [0.2, 0.25) is 5.02 Å². The quantitative estimate of drug-likeness (QED) is 0.823. The highest BCUT2D eigenvalue weighted by molar-refractivity contribution is 7.88. The van der Waals surface area contributed by atoms with Crippen molar-refractivity contribution in [3.8, 4) is 0 Å². The Kier molecular flexibility index (Phi) is 5.21. The molecule has 2 N–H and O–H groups in total. The predicted molar refractivity (Wildman–Crippen MR) is 83.1 cm³/mol. The van der Waals surface area contributed by atoms with Crippen molar-refractivity contribution in [2.75, 3.05) is 0 Å². The van der Waals surface area contributed by atoms with Crippen molar-refractivity contribution in [3.63, 3.8) is 0 Å². The van der Waals surface area contributed by atoms with Crippen molar-refractivity contribution < 1.29 is 18.5 Å². The summed E-state index contributed by atoms with van der Waals surface area (Å²) in [4.78, 5) is 11.5. The van der Waals surface area contributed by atoms with E-state index in [0.717, 1.165) is 5.56 Å². The Morgan fingerprint density at radius 2 is 2.18 bits per heavy atom. The van der Waals surface area contributed by atoms with E-state index in [1.807, 2.05) is 0 Å². The lowest BCUT2D eigenvalue weighted by Gasteiger charge is -2.21. The van der Waals surface area contributed by atoms with E-state index in [0.29, 0.717) is 23.4 Å². The van der Waals surface area contributed by atoms with Crippen molar-refractivity contribution >= 4 is 29.2 Å². The maximum atomic E-state index is 14.0. The van der Waals surface area contributed by atoms with Crippen molar-refractivity contribution in [1.82, 2.24) is 9.44 Å². The molecule has 22 heavy (non-hydrogen) atoms. The molecule has 1 aliphatic carbocycles. The molecule has 122 valence electrons. The highest BCUT2D eigenvalue weighted by Gasteiger charge is 2.31. The number of benzene rings is 1. The van der Waals surface area contributed by atoms with Crippen LogP contribution >= 0.6 is 11.6 Å².